The third-order valence-corrected chi connectivity index (χ3v) is 3.99. The van der Waals surface area contributed by atoms with Crippen LogP contribution < -0.4 is 0 Å². The highest BCUT2D eigenvalue weighted by atomic mass is 15.4. The average molecular weight is 204 g/mol. The van der Waals surface area contributed by atoms with Crippen molar-refractivity contribution in [3.63, 3.8) is 0 Å². The maximum absolute atomic E-state index is 2.41. The van der Waals surface area contributed by atoms with Crippen molar-refractivity contribution in [2.75, 3.05) is 13.6 Å². The molecular weight excluding hydrogens is 182 g/mol. The summed E-state index contributed by atoms with van der Waals surface area (Å²) in [6.07, 6.45) is 4.21. The second-order valence-electron chi connectivity index (χ2n) is 5.19. The second kappa shape index (κ2) is 4.36. The van der Waals surface area contributed by atoms with Crippen molar-refractivity contribution < 1.29 is 4.48 Å². The van der Waals surface area contributed by atoms with E-state index in [2.05, 4.69) is 44.3 Å². The van der Waals surface area contributed by atoms with Crippen LogP contribution in [-0.2, 0) is 6.54 Å². The Labute approximate surface area is 93.3 Å². The molecule has 1 aliphatic heterocycles. The summed E-state index contributed by atoms with van der Waals surface area (Å²) in [4.78, 5) is 0. The first-order chi connectivity index (χ1) is 7.21. The van der Waals surface area contributed by atoms with Crippen molar-refractivity contribution in [2.24, 2.45) is 0 Å². The normalized spacial score (nSPS) is 31.5. The Hall–Kier alpha value is -0.820. The number of hydrogen-bond donors (Lipinski definition) is 0. The molecule has 0 aromatic heterocycles. The molecule has 0 saturated carbocycles. The zero-order valence-corrected chi connectivity index (χ0v) is 9.95. The molecule has 1 aliphatic rings. The number of benzene rings is 1. The van der Waals surface area contributed by atoms with Gasteiger partial charge in [0.05, 0.1) is 19.6 Å². The first kappa shape index (κ1) is 10.7. The van der Waals surface area contributed by atoms with Crippen molar-refractivity contribution in [3.05, 3.63) is 35.9 Å². The fourth-order valence-electron chi connectivity index (χ4n) is 2.68. The fraction of sp³-hybridized carbons (Fsp3) is 0.571. The lowest BCUT2D eigenvalue weighted by molar-refractivity contribution is -0.948. The van der Waals surface area contributed by atoms with Crippen LogP contribution >= 0.6 is 0 Å². The predicted octanol–water partition coefficient (Wildman–Crippen LogP) is 3.21. The smallest absolute Gasteiger partial charge is 0.104 e. The van der Waals surface area contributed by atoms with Gasteiger partial charge in [0.1, 0.15) is 6.54 Å². The van der Waals surface area contributed by atoms with Crippen LogP contribution in [-0.4, -0.2) is 24.1 Å². The quantitative estimate of drug-likeness (QED) is 0.649. The van der Waals surface area contributed by atoms with Gasteiger partial charge in [-0.05, 0) is 26.2 Å². The molecule has 0 bridgehead atoms. The van der Waals surface area contributed by atoms with Gasteiger partial charge in [0.25, 0.3) is 0 Å². The minimum atomic E-state index is 0.818. The van der Waals surface area contributed by atoms with E-state index < -0.39 is 0 Å². The zero-order chi connectivity index (χ0) is 10.7. The molecule has 2 rings (SSSR count). The van der Waals surface area contributed by atoms with Gasteiger partial charge in [-0.1, -0.05) is 30.3 Å². The van der Waals surface area contributed by atoms with Crippen molar-refractivity contribution in [2.45, 2.75) is 38.8 Å². The Morgan fingerprint density at radius 2 is 1.93 bits per heavy atom. The molecule has 0 spiro atoms. The highest BCUT2D eigenvalue weighted by Gasteiger charge is 2.31. The lowest BCUT2D eigenvalue weighted by atomic mass is 9.99. The van der Waals surface area contributed by atoms with Gasteiger partial charge in [-0.25, -0.2) is 0 Å². The van der Waals surface area contributed by atoms with Crippen LogP contribution in [0.2, 0.25) is 0 Å². The van der Waals surface area contributed by atoms with Crippen molar-refractivity contribution in [3.8, 4) is 0 Å². The third kappa shape index (κ3) is 2.40. The number of hydrogen-bond acceptors (Lipinski definition) is 0. The number of quaternary nitrogens is 1. The van der Waals surface area contributed by atoms with Crippen LogP contribution in [0.15, 0.2) is 30.3 Å². The van der Waals surface area contributed by atoms with Gasteiger partial charge < -0.3 is 4.48 Å². The van der Waals surface area contributed by atoms with E-state index in [1.807, 2.05) is 0 Å². The van der Waals surface area contributed by atoms with Gasteiger partial charge in [-0.3, -0.25) is 0 Å². The maximum atomic E-state index is 2.41. The Balaban J connectivity index is 2.09. The van der Waals surface area contributed by atoms with Gasteiger partial charge in [0, 0.05) is 5.56 Å². The molecule has 0 radical (unpaired) electrons. The molecule has 1 aromatic rings. The largest absolute Gasteiger partial charge is 0.320 e. The Bertz CT molecular complexity index is 306. The molecule has 0 amide bonds. The minimum Gasteiger partial charge on any atom is -0.320 e. The predicted molar refractivity (Wildman–Crippen MR) is 64.5 cm³/mol. The van der Waals surface area contributed by atoms with Crippen molar-refractivity contribution in [1.29, 1.82) is 0 Å². The first-order valence-corrected chi connectivity index (χ1v) is 6.09. The topological polar surface area (TPSA) is 0 Å². The summed E-state index contributed by atoms with van der Waals surface area (Å²) in [6.45, 7) is 4.94. The molecule has 0 unspecified atom stereocenters. The van der Waals surface area contributed by atoms with Gasteiger partial charge in [-0.15, -0.1) is 0 Å². The molecule has 1 heteroatoms. The molecule has 0 N–H and O–H groups in total. The van der Waals surface area contributed by atoms with Crippen LogP contribution in [0.1, 0.15) is 31.7 Å². The molecule has 1 aromatic carbocycles. The highest BCUT2D eigenvalue weighted by molar-refractivity contribution is 5.13. The lowest BCUT2D eigenvalue weighted by Gasteiger charge is -2.43. The molecule has 82 valence electrons. The molecular formula is C14H22N+. The van der Waals surface area contributed by atoms with E-state index in [0.717, 1.165) is 6.04 Å². The minimum absolute atomic E-state index is 0.818. The monoisotopic (exact) mass is 204 g/mol. The van der Waals surface area contributed by atoms with E-state index in [0.29, 0.717) is 0 Å². The standard InChI is InChI=1S/C14H22N/c1-13-8-6-7-11-15(13,2)12-14-9-4-3-5-10-14/h3-5,9-10,13H,6-8,11-12H2,1-2H3/q+1/t13-,15-/m1/s1. The number of rotatable bonds is 2. The van der Waals surface area contributed by atoms with Gasteiger partial charge >= 0.3 is 0 Å². The van der Waals surface area contributed by atoms with Gasteiger partial charge in [-0.2, -0.15) is 0 Å². The molecule has 1 saturated heterocycles. The third-order valence-electron chi connectivity index (χ3n) is 3.99. The second-order valence-corrected chi connectivity index (χ2v) is 5.19. The molecule has 0 aliphatic carbocycles. The van der Waals surface area contributed by atoms with E-state index >= 15 is 0 Å². The van der Waals surface area contributed by atoms with Crippen molar-refractivity contribution >= 4 is 0 Å². The molecule has 1 heterocycles. The van der Waals surface area contributed by atoms with E-state index in [1.54, 1.807) is 0 Å². The Kier molecular flexibility index (Phi) is 3.11. The first-order valence-electron chi connectivity index (χ1n) is 6.09. The van der Waals surface area contributed by atoms with Crippen LogP contribution in [0.3, 0.4) is 0 Å². The van der Waals surface area contributed by atoms with Crippen molar-refractivity contribution in [1.82, 2.24) is 0 Å². The molecule has 2 atom stereocenters. The summed E-state index contributed by atoms with van der Waals surface area (Å²) < 4.78 is 1.23. The highest BCUT2D eigenvalue weighted by Crippen LogP contribution is 2.26. The number of nitrogens with zero attached hydrogens (tertiary/aromatic N) is 1. The van der Waals surface area contributed by atoms with Crippen LogP contribution in [0.5, 0.6) is 0 Å². The maximum Gasteiger partial charge on any atom is 0.104 e. The van der Waals surface area contributed by atoms with E-state index in [1.165, 1.54) is 42.4 Å². The fourth-order valence-corrected chi connectivity index (χ4v) is 2.68. The summed E-state index contributed by atoms with van der Waals surface area (Å²) in [5, 5.41) is 0. The SMILES string of the molecule is C[C@@H]1CCCC[N@+]1(C)Cc1ccccc1. The summed E-state index contributed by atoms with van der Waals surface area (Å²) in [6, 6.07) is 11.7. The molecule has 1 nitrogen and oxygen atoms in total. The number of piperidine rings is 1. The van der Waals surface area contributed by atoms with Crippen LogP contribution in [0, 0.1) is 0 Å². The summed E-state index contributed by atoms with van der Waals surface area (Å²) in [5.41, 5.74) is 1.48. The van der Waals surface area contributed by atoms with E-state index in [4.69, 9.17) is 0 Å². The Morgan fingerprint density at radius 1 is 1.20 bits per heavy atom. The van der Waals surface area contributed by atoms with Crippen LogP contribution in [0.4, 0.5) is 0 Å². The zero-order valence-electron chi connectivity index (χ0n) is 9.95. The van der Waals surface area contributed by atoms with Gasteiger partial charge in [0.15, 0.2) is 0 Å². The summed E-state index contributed by atoms with van der Waals surface area (Å²) in [7, 11) is 2.41. The summed E-state index contributed by atoms with van der Waals surface area (Å²) >= 11 is 0. The number of likely N-dealkylation sites (tertiary alicyclic amines) is 1. The van der Waals surface area contributed by atoms with E-state index in [-0.39, 0.29) is 0 Å². The molecule has 1 fully saturated rings. The van der Waals surface area contributed by atoms with Gasteiger partial charge in [0.2, 0.25) is 0 Å². The molecule has 15 heavy (non-hydrogen) atoms. The average Bonchev–Trinajstić information content (AvgIpc) is 2.24. The van der Waals surface area contributed by atoms with Crippen LogP contribution in [0.25, 0.3) is 0 Å². The Morgan fingerprint density at radius 3 is 2.60 bits per heavy atom. The summed E-state index contributed by atoms with van der Waals surface area (Å²) in [5.74, 6) is 0. The van der Waals surface area contributed by atoms with E-state index in [9.17, 15) is 0 Å². The lowest BCUT2D eigenvalue weighted by Crippen LogP contribution is -2.52.